The number of hydrogen-bond acceptors (Lipinski definition) is 2. The zero-order chi connectivity index (χ0) is 13.4. The van der Waals surface area contributed by atoms with Gasteiger partial charge in [0.25, 0.3) is 0 Å². The number of hydrogen-bond donors (Lipinski definition) is 1. The van der Waals surface area contributed by atoms with Gasteiger partial charge < -0.3 is 10.1 Å². The normalized spacial score (nSPS) is 11.1. The third-order valence-corrected chi connectivity index (χ3v) is 3.44. The summed E-state index contributed by atoms with van der Waals surface area (Å²) in [5, 5.41) is 0. The van der Waals surface area contributed by atoms with Crippen LogP contribution >= 0.6 is 0 Å². The number of benzene rings is 1. The topological polar surface area (TPSA) is 43.3 Å². The maximum atomic E-state index is 5.95. The van der Waals surface area contributed by atoms with Gasteiger partial charge in [-0.1, -0.05) is 30.3 Å². The van der Waals surface area contributed by atoms with Gasteiger partial charge in [0.2, 0.25) is 0 Å². The van der Waals surface area contributed by atoms with Gasteiger partial charge in [-0.15, -0.1) is 0 Å². The molecule has 0 spiro atoms. The summed E-state index contributed by atoms with van der Waals surface area (Å²) in [6, 6.07) is 12.4. The molecular formula is C16H17N3. The molecule has 2 aromatic heterocycles. The second-order valence-corrected chi connectivity index (χ2v) is 4.96. The van der Waals surface area contributed by atoms with Crippen LogP contribution in [0, 0.1) is 13.8 Å². The average molecular weight is 251 g/mol. The van der Waals surface area contributed by atoms with E-state index in [1.165, 1.54) is 11.3 Å². The number of anilines is 1. The van der Waals surface area contributed by atoms with Crippen LogP contribution in [0.3, 0.4) is 0 Å². The second kappa shape index (κ2) is 4.43. The summed E-state index contributed by atoms with van der Waals surface area (Å²) in [7, 11) is 0. The third kappa shape index (κ3) is 2.08. The Bertz CT molecular complexity index is 727. The molecule has 2 heterocycles. The molecule has 3 heteroatoms. The minimum absolute atomic E-state index is 0.775. The van der Waals surface area contributed by atoms with E-state index in [-0.39, 0.29) is 0 Å². The first kappa shape index (κ1) is 11.8. The highest BCUT2D eigenvalue weighted by Gasteiger charge is 2.11. The molecule has 0 aliphatic carbocycles. The molecule has 0 aliphatic heterocycles. The molecule has 0 amide bonds. The van der Waals surface area contributed by atoms with Crippen LogP contribution in [0.2, 0.25) is 0 Å². The molecule has 19 heavy (non-hydrogen) atoms. The first-order valence-electron chi connectivity index (χ1n) is 6.43. The molecule has 0 unspecified atom stereocenters. The van der Waals surface area contributed by atoms with Gasteiger partial charge in [0.1, 0.15) is 5.65 Å². The Morgan fingerprint density at radius 2 is 1.89 bits per heavy atom. The Morgan fingerprint density at radius 1 is 1.16 bits per heavy atom. The molecule has 2 N–H and O–H groups in total. The molecular weight excluding hydrogens is 234 g/mol. The van der Waals surface area contributed by atoms with Gasteiger partial charge >= 0.3 is 0 Å². The summed E-state index contributed by atoms with van der Waals surface area (Å²) < 4.78 is 2.12. The third-order valence-electron chi connectivity index (χ3n) is 3.44. The fraction of sp³-hybridized carbons (Fsp3) is 0.188. The highest BCUT2D eigenvalue weighted by molar-refractivity contribution is 5.56. The van der Waals surface area contributed by atoms with E-state index in [0.29, 0.717) is 0 Å². The molecule has 3 aromatic rings. The molecule has 3 rings (SSSR count). The Labute approximate surface area is 112 Å². The van der Waals surface area contributed by atoms with Gasteiger partial charge in [-0.05, 0) is 31.0 Å². The number of nitrogens with zero attached hydrogens (tertiary/aromatic N) is 2. The smallest absolute Gasteiger partial charge is 0.140 e. The van der Waals surface area contributed by atoms with Crippen molar-refractivity contribution in [2.75, 3.05) is 5.73 Å². The van der Waals surface area contributed by atoms with Gasteiger partial charge in [0.05, 0.1) is 5.69 Å². The number of rotatable bonds is 2. The first-order valence-corrected chi connectivity index (χ1v) is 6.43. The maximum Gasteiger partial charge on any atom is 0.140 e. The summed E-state index contributed by atoms with van der Waals surface area (Å²) in [5.41, 5.74) is 12.4. The van der Waals surface area contributed by atoms with Gasteiger partial charge in [-0.25, -0.2) is 4.98 Å². The zero-order valence-corrected chi connectivity index (χ0v) is 11.2. The first-order chi connectivity index (χ1) is 9.15. The van der Waals surface area contributed by atoms with Crippen molar-refractivity contribution in [2.45, 2.75) is 20.3 Å². The van der Waals surface area contributed by atoms with Crippen LogP contribution in [-0.4, -0.2) is 9.38 Å². The fourth-order valence-corrected chi connectivity index (χ4v) is 2.50. The van der Waals surface area contributed by atoms with E-state index in [1.54, 1.807) is 0 Å². The van der Waals surface area contributed by atoms with E-state index in [0.717, 1.165) is 29.0 Å². The van der Waals surface area contributed by atoms with Crippen molar-refractivity contribution >= 4 is 11.3 Å². The van der Waals surface area contributed by atoms with E-state index in [2.05, 4.69) is 40.6 Å². The van der Waals surface area contributed by atoms with Crippen LogP contribution < -0.4 is 5.73 Å². The molecule has 0 radical (unpaired) electrons. The van der Waals surface area contributed by atoms with Crippen LogP contribution in [0.15, 0.2) is 42.6 Å². The quantitative estimate of drug-likeness (QED) is 0.760. The van der Waals surface area contributed by atoms with Gasteiger partial charge in [-0.2, -0.15) is 0 Å². The molecule has 0 saturated carbocycles. The molecule has 0 fully saturated rings. The maximum absolute atomic E-state index is 5.95. The molecule has 3 nitrogen and oxygen atoms in total. The van der Waals surface area contributed by atoms with Crippen LogP contribution in [0.1, 0.15) is 22.5 Å². The van der Waals surface area contributed by atoms with Crippen molar-refractivity contribution in [1.82, 2.24) is 9.38 Å². The molecule has 0 atom stereocenters. The minimum Gasteiger partial charge on any atom is -0.398 e. The van der Waals surface area contributed by atoms with E-state index >= 15 is 0 Å². The number of aryl methyl sites for hydroxylation is 2. The molecule has 96 valence electrons. The van der Waals surface area contributed by atoms with Crippen LogP contribution in [0.4, 0.5) is 5.69 Å². The molecule has 1 aromatic carbocycles. The Hall–Kier alpha value is -2.29. The highest BCUT2D eigenvalue weighted by Crippen LogP contribution is 2.20. The number of imidazole rings is 1. The lowest BCUT2D eigenvalue weighted by Crippen LogP contribution is -1.99. The lowest BCUT2D eigenvalue weighted by Gasteiger charge is -2.06. The SMILES string of the molecule is Cc1nc2c(C)cc(N)cn2c1Cc1ccccc1. The standard InChI is InChI=1S/C16H17N3/c1-11-8-14(17)10-19-15(12(2)18-16(11)19)9-13-6-4-3-5-7-13/h3-8,10H,9,17H2,1-2H3. The van der Waals surface area contributed by atoms with E-state index in [4.69, 9.17) is 5.73 Å². The van der Waals surface area contributed by atoms with Crippen molar-refractivity contribution in [2.24, 2.45) is 0 Å². The summed E-state index contributed by atoms with van der Waals surface area (Å²) >= 11 is 0. The van der Waals surface area contributed by atoms with Crippen molar-refractivity contribution in [3.63, 3.8) is 0 Å². The molecule has 0 saturated heterocycles. The molecule has 0 aliphatic rings. The van der Waals surface area contributed by atoms with Crippen molar-refractivity contribution < 1.29 is 0 Å². The van der Waals surface area contributed by atoms with E-state index in [1.807, 2.05) is 25.3 Å². The Kier molecular flexibility index (Phi) is 2.75. The predicted molar refractivity (Wildman–Crippen MR) is 78.3 cm³/mol. The van der Waals surface area contributed by atoms with Gasteiger partial charge in [0, 0.05) is 24.0 Å². The predicted octanol–water partition coefficient (Wildman–Crippen LogP) is 3.12. The Balaban J connectivity index is 2.15. The average Bonchev–Trinajstić information content (AvgIpc) is 2.69. The number of aromatic nitrogens is 2. The summed E-state index contributed by atoms with van der Waals surface area (Å²) in [5.74, 6) is 0. The van der Waals surface area contributed by atoms with Crippen molar-refractivity contribution in [1.29, 1.82) is 0 Å². The minimum atomic E-state index is 0.775. The van der Waals surface area contributed by atoms with E-state index in [9.17, 15) is 0 Å². The number of pyridine rings is 1. The fourth-order valence-electron chi connectivity index (χ4n) is 2.50. The lowest BCUT2D eigenvalue weighted by molar-refractivity contribution is 1.01. The number of fused-ring (bicyclic) bond motifs is 1. The summed E-state index contributed by atoms with van der Waals surface area (Å²) in [6.07, 6.45) is 2.83. The lowest BCUT2D eigenvalue weighted by atomic mass is 10.1. The van der Waals surface area contributed by atoms with Crippen LogP contribution in [-0.2, 0) is 6.42 Å². The second-order valence-electron chi connectivity index (χ2n) is 4.96. The zero-order valence-electron chi connectivity index (χ0n) is 11.2. The summed E-state index contributed by atoms with van der Waals surface area (Å²) in [4.78, 5) is 4.66. The monoisotopic (exact) mass is 251 g/mol. The van der Waals surface area contributed by atoms with Gasteiger partial charge in [0.15, 0.2) is 0 Å². The van der Waals surface area contributed by atoms with Gasteiger partial charge in [-0.3, -0.25) is 0 Å². The van der Waals surface area contributed by atoms with Crippen LogP contribution in [0.5, 0.6) is 0 Å². The summed E-state index contributed by atoms with van der Waals surface area (Å²) in [6.45, 7) is 4.10. The molecule has 0 bridgehead atoms. The van der Waals surface area contributed by atoms with Crippen molar-refractivity contribution in [3.05, 3.63) is 65.1 Å². The highest BCUT2D eigenvalue weighted by atomic mass is 15.0. The van der Waals surface area contributed by atoms with E-state index < -0.39 is 0 Å². The Morgan fingerprint density at radius 3 is 2.63 bits per heavy atom. The largest absolute Gasteiger partial charge is 0.398 e. The number of nitrogen functional groups attached to an aromatic ring is 1. The van der Waals surface area contributed by atoms with Crippen molar-refractivity contribution in [3.8, 4) is 0 Å². The number of nitrogens with two attached hydrogens (primary N) is 1. The van der Waals surface area contributed by atoms with Crippen LogP contribution in [0.25, 0.3) is 5.65 Å².